The van der Waals surface area contributed by atoms with Crippen molar-refractivity contribution in [3.8, 4) is 0 Å². The number of rotatable bonds is 63. The van der Waals surface area contributed by atoms with E-state index in [-0.39, 0.29) is 12.8 Å². The van der Waals surface area contributed by atoms with Crippen LogP contribution in [0.15, 0.2) is 48.6 Å². The molecule has 1 saturated heterocycles. The predicted octanol–water partition coefficient (Wildman–Crippen LogP) is 17.5. The van der Waals surface area contributed by atoms with Crippen LogP contribution in [0.3, 0.4) is 0 Å². The number of hydrogen-bond donors (Lipinski definition) is 8. The van der Waals surface area contributed by atoms with Gasteiger partial charge in [-0.3, -0.25) is 4.79 Å². The van der Waals surface area contributed by atoms with Crippen LogP contribution in [0.25, 0.3) is 0 Å². The lowest BCUT2D eigenvalue weighted by molar-refractivity contribution is -0.303. The molecule has 9 atom stereocenters. The zero-order valence-electron chi connectivity index (χ0n) is 54.6. The maximum Gasteiger partial charge on any atom is 0.249 e. The molecule has 84 heavy (non-hydrogen) atoms. The van der Waals surface area contributed by atoms with E-state index in [1.807, 2.05) is 0 Å². The maximum atomic E-state index is 13.3. The van der Waals surface area contributed by atoms with Gasteiger partial charge in [-0.1, -0.05) is 306 Å². The number of carbonyl (C=O) groups excluding carboxylic acids is 1. The number of unbranched alkanes of at least 4 members (excludes halogenated alkanes) is 43. The Morgan fingerprint density at radius 2 is 0.750 bits per heavy atom. The van der Waals surface area contributed by atoms with Gasteiger partial charge in [0.25, 0.3) is 0 Å². The minimum Gasteiger partial charge on any atom is -0.394 e. The number of nitrogens with one attached hydrogen (secondary N) is 1. The van der Waals surface area contributed by atoms with E-state index in [9.17, 15) is 40.5 Å². The number of aliphatic hydroxyl groups excluding tert-OH is 7. The van der Waals surface area contributed by atoms with Crippen LogP contribution in [0.5, 0.6) is 0 Å². The molecule has 1 heterocycles. The Bertz CT molecular complexity index is 1510. The Kier molecular flexibility index (Phi) is 58.5. The molecule has 0 spiro atoms. The second-order valence-electron chi connectivity index (χ2n) is 25.3. The lowest BCUT2D eigenvalue weighted by Gasteiger charge is -2.40. The molecule has 0 saturated carbocycles. The van der Waals surface area contributed by atoms with Crippen molar-refractivity contribution in [1.82, 2.24) is 5.32 Å². The van der Waals surface area contributed by atoms with E-state index in [0.29, 0.717) is 19.3 Å². The van der Waals surface area contributed by atoms with Crippen LogP contribution in [-0.4, -0.2) is 110 Å². The Hall–Kier alpha value is -1.93. The molecule has 0 aromatic heterocycles. The zero-order valence-corrected chi connectivity index (χ0v) is 54.6. The molecule has 11 nitrogen and oxygen atoms in total. The summed E-state index contributed by atoms with van der Waals surface area (Å²) in [6.45, 7) is 3.49. The Labute approximate surface area is 517 Å². The van der Waals surface area contributed by atoms with E-state index in [1.54, 1.807) is 0 Å². The van der Waals surface area contributed by atoms with E-state index >= 15 is 0 Å². The summed E-state index contributed by atoms with van der Waals surface area (Å²) in [6.07, 6.45) is 69.1. The smallest absolute Gasteiger partial charge is 0.249 e. The molecule has 11 heteroatoms. The normalized spacial score (nSPS) is 19.2. The first kappa shape index (κ1) is 80.1. The maximum absolute atomic E-state index is 13.3. The lowest BCUT2D eigenvalue weighted by atomic mass is 9.98. The topological polar surface area (TPSA) is 189 Å². The standard InChI is InChI=1S/C73H137NO10/c1-3-5-7-9-11-13-15-17-19-21-23-25-27-29-31-32-33-35-37-39-41-43-45-47-49-51-53-55-57-59-61-66(77)72(82)74-64(63-83-73-71(81)70(80)69(79)67(62-75)84-73)68(78)65(76)60-58-56-54-52-50-48-46-44-42-40-38-36-34-30-28-26-24-22-20-18-16-14-12-10-8-6-4-2/h23,25,29,31,44,46,52,54,64-71,73,75-81H,3-22,24,26-28,30,32-43,45,47-51,53,55-63H2,1-2H3,(H,74,82)/b25-23-,31-29-,46-44+,54-52+. The molecule has 0 bridgehead atoms. The van der Waals surface area contributed by atoms with Crippen molar-refractivity contribution in [1.29, 1.82) is 0 Å². The third-order valence-electron chi connectivity index (χ3n) is 17.3. The molecule has 8 N–H and O–H groups in total. The van der Waals surface area contributed by atoms with Crippen LogP contribution in [0, 0.1) is 0 Å². The average Bonchev–Trinajstić information content (AvgIpc) is 3.66. The first-order chi connectivity index (χ1) is 41.2. The molecule has 1 rings (SSSR count). The van der Waals surface area contributed by atoms with Crippen molar-refractivity contribution < 1.29 is 50.0 Å². The largest absolute Gasteiger partial charge is 0.394 e. The first-order valence-corrected chi connectivity index (χ1v) is 36.0. The van der Waals surface area contributed by atoms with Gasteiger partial charge in [-0.05, 0) is 83.5 Å². The Balaban J connectivity index is 2.22. The molecular formula is C73H137NO10. The van der Waals surface area contributed by atoms with Gasteiger partial charge in [0.1, 0.15) is 36.6 Å². The third-order valence-corrected chi connectivity index (χ3v) is 17.3. The highest BCUT2D eigenvalue weighted by Gasteiger charge is 2.44. The van der Waals surface area contributed by atoms with Gasteiger partial charge < -0.3 is 50.5 Å². The highest BCUT2D eigenvalue weighted by Crippen LogP contribution is 2.24. The monoisotopic (exact) mass is 1190 g/mol. The first-order valence-electron chi connectivity index (χ1n) is 36.0. The minimum absolute atomic E-state index is 0.246. The Morgan fingerprint density at radius 1 is 0.417 bits per heavy atom. The van der Waals surface area contributed by atoms with E-state index in [0.717, 1.165) is 44.9 Å². The molecule has 1 amide bonds. The summed E-state index contributed by atoms with van der Waals surface area (Å²) in [5.41, 5.74) is 0. The second-order valence-corrected chi connectivity index (χ2v) is 25.3. The summed E-state index contributed by atoms with van der Waals surface area (Å²) < 4.78 is 11.2. The third kappa shape index (κ3) is 48.1. The van der Waals surface area contributed by atoms with E-state index in [4.69, 9.17) is 9.47 Å². The second kappa shape index (κ2) is 61.3. The van der Waals surface area contributed by atoms with Crippen molar-refractivity contribution in [3.63, 3.8) is 0 Å². The van der Waals surface area contributed by atoms with E-state index < -0.39 is 74.2 Å². The van der Waals surface area contributed by atoms with Gasteiger partial charge in [-0.15, -0.1) is 0 Å². The number of amides is 1. The molecule has 0 aromatic rings. The van der Waals surface area contributed by atoms with Crippen molar-refractivity contribution >= 4 is 5.91 Å². The SMILES string of the molecule is CCCCCCCCCCC/C=C\C/C=C\CCCCCCCCCCCCCCCCC(O)C(=O)NC(COC1OC(CO)C(O)C(O)C1O)C(O)C(O)CCC/C=C/CC/C=C/CCCCCCCCCCCCCCCCCCCC. The van der Waals surface area contributed by atoms with Gasteiger partial charge >= 0.3 is 0 Å². The van der Waals surface area contributed by atoms with Crippen LogP contribution >= 0.6 is 0 Å². The summed E-state index contributed by atoms with van der Waals surface area (Å²) in [5.74, 6) is -0.707. The van der Waals surface area contributed by atoms with Crippen LogP contribution in [0.4, 0.5) is 0 Å². The van der Waals surface area contributed by atoms with Crippen molar-refractivity contribution in [3.05, 3.63) is 48.6 Å². The van der Waals surface area contributed by atoms with Gasteiger partial charge in [0.15, 0.2) is 6.29 Å². The van der Waals surface area contributed by atoms with Gasteiger partial charge in [0.2, 0.25) is 5.91 Å². The number of carbonyl (C=O) groups is 1. The predicted molar refractivity (Wildman–Crippen MR) is 353 cm³/mol. The quantitative estimate of drug-likeness (QED) is 0.0215. The van der Waals surface area contributed by atoms with Gasteiger partial charge in [0.05, 0.1) is 25.4 Å². The zero-order chi connectivity index (χ0) is 61.0. The van der Waals surface area contributed by atoms with E-state index in [2.05, 4.69) is 67.8 Å². The fourth-order valence-electron chi connectivity index (χ4n) is 11.6. The van der Waals surface area contributed by atoms with Gasteiger partial charge in [0, 0.05) is 0 Å². The average molecular weight is 1190 g/mol. The van der Waals surface area contributed by atoms with Crippen molar-refractivity contribution in [2.45, 2.75) is 396 Å². The van der Waals surface area contributed by atoms with Gasteiger partial charge in [-0.25, -0.2) is 0 Å². The molecule has 0 aromatic carbocycles. The fraction of sp³-hybridized carbons (Fsp3) is 0.877. The van der Waals surface area contributed by atoms with E-state index in [1.165, 1.54) is 250 Å². The van der Waals surface area contributed by atoms with Crippen molar-refractivity contribution in [2.75, 3.05) is 13.2 Å². The number of hydrogen-bond acceptors (Lipinski definition) is 10. The molecular weight excluding hydrogens is 1050 g/mol. The molecule has 494 valence electrons. The molecule has 0 aliphatic carbocycles. The lowest BCUT2D eigenvalue weighted by Crippen LogP contribution is -2.60. The Morgan fingerprint density at radius 3 is 1.13 bits per heavy atom. The summed E-state index contributed by atoms with van der Waals surface area (Å²) in [4.78, 5) is 13.3. The van der Waals surface area contributed by atoms with Crippen molar-refractivity contribution in [2.24, 2.45) is 0 Å². The van der Waals surface area contributed by atoms with Gasteiger partial charge in [-0.2, -0.15) is 0 Å². The molecule has 0 radical (unpaired) electrons. The van der Waals surface area contributed by atoms with Crippen LogP contribution in [0.1, 0.15) is 341 Å². The number of aliphatic hydroxyl groups is 7. The highest BCUT2D eigenvalue weighted by molar-refractivity contribution is 5.80. The number of allylic oxidation sites excluding steroid dienone is 8. The van der Waals surface area contributed by atoms with Crippen LogP contribution in [0.2, 0.25) is 0 Å². The number of ether oxygens (including phenoxy) is 2. The molecule has 9 unspecified atom stereocenters. The summed E-state index contributed by atoms with van der Waals surface area (Å²) >= 11 is 0. The summed E-state index contributed by atoms with van der Waals surface area (Å²) in [7, 11) is 0. The van der Waals surface area contributed by atoms with Crippen LogP contribution in [-0.2, 0) is 14.3 Å². The molecule has 1 aliphatic heterocycles. The summed E-state index contributed by atoms with van der Waals surface area (Å²) in [5, 5.41) is 76.5. The molecule has 1 fully saturated rings. The van der Waals surface area contributed by atoms with Crippen LogP contribution < -0.4 is 5.32 Å². The minimum atomic E-state index is -1.67. The summed E-state index contributed by atoms with van der Waals surface area (Å²) in [6, 6.07) is -1.19. The fourth-order valence-corrected chi connectivity index (χ4v) is 11.6. The highest BCUT2D eigenvalue weighted by atomic mass is 16.7. The molecule has 1 aliphatic rings.